The molecule has 1 aliphatic rings. The van der Waals surface area contributed by atoms with Gasteiger partial charge in [0.2, 0.25) is 0 Å². The molecule has 0 spiro atoms. The van der Waals surface area contributed by atoms with E-state index in [2.05, 4.69) is 40.7 Å². The van der Waals surface area contributed by atoms with E-state index in [1.54, 1.807) is 0 Å². The van der Waals surface area contributed by atoms with Gasteiger partial charge < -0.3 is 18.9 Å². The Bertz CT molecular complexity index is 1220. The summed E-state index contributed by atoms with van der Waals surface area (Å²) in [4.78, 5) is 28.4. The molecule has 1 saturated heterocycles. The normalized spacial score (nSPS) is 14.8. The van der Waals surface area contributed by atoms with E-state index in [1.165, 1.54) is 29.3 Å². The fourth-order valence-corrected chi connectivity index (χ4v) is 4.82. The van der Waals surface area contributed by atoms with Gasteiger partial charge in [-0.25, -0.2) is 9.59 Å². The third-order valence-electron chi connectivity index (χ3n) is 6.78. The summed E-state index contributed by atoms with van der Waals surface area (Å²) in [5, 5.41) is 1.27. The highest BCUT2D eigenvalue weighted by Crippen LogP contribution is 2.28. The van der Waals surface area contributed by atoms with Gasteiger partial charge >= 0.3 is 12.1 Å². The molecule has 2 aromatic carbocycles. The first-order valence-electron chi connectivity index (χ1n) is 12.6. The van der Waals surface area contributed by atoms with Gasteiger partial charge in [0.1, 0.15) is 5.60 Å². The molecule has 0 N–H and O–H groups in total. The third kappa shape index (κ3) is 5.90. The Balaban J connectivity index is 1.43. The summed E-state index contributed by atoms with van der Waals surface area (Å²) < 4.78 is 12.7. The Labute approximate surface area is 213 Å². The Morgan fingerprint density at radius 3 is 2.22 bits per heavy atom. The largest absolute Gasteiger partial charge is 0.465 e. The molecule has 0 bridgehead atoms. The number of carbonyl (C=O) groups is 2. The maximum atomic E-state index is 12.4. The summed E-state index contributed by atoms with van der Waals surface area (Å²) in [5.74, 6) is -0.318. The average Bonchev–Trinajstić information content (AvgIpc) is 3.12. The van der Waals surface area contributed by atoms with Crippen molar-refractivity contribution in [3.8, 4) is 0 Å². The van der Waals surface area contributed by atoms with Crippen LogP contribution in [0.15, 0.2) is 48.5 Å². The van der Waals surface area contributed by atoms with Gasteiger partial charge in [-0.3, -0.25) is 4.90 Å². The number of benzene rings is 2. The van der Waals surface area contributed by atoms with E-state index in [9.17, 15) is 9.59 Å². The Morgan fingerprint density at radius 2 is 1.58 bits per heavy atom. The summed E-state index contributed by atoms with van der Waals surface area (Å²) in [6.45, 7) is 12.8. The molecule has 1 fully saturated rings. The van der Waals surface area contributed by atoms with E-state index < -0.39 is 5.60 Å². The molecule has 2 heterocycles. The van der Waals surface area contributed by atoms with Crippen LogP contribution < -0.4 is 0 Å². The number of para-hydroxylation sites is 1. The van der Waals surface area contributed by atoms with Crippen molar-refractivity contribution in [2.75, 3.05) is 39.8 Å². The molecule has 3 aromatic rings. The van der Waals surface area contributed by atoms with Gasteiger partial charge in [-0.2, -0.15) is 0 Å². The number of aromatic nitrogens is 1. The number of amides is 1. The first-order valence-corrected chi connectivity index (χ1v) is 12.6. The Kier molecular flexibility index (Phi) is 7.69. The number of rotatable bonds is 6. The Morgan fingerprint density at radius 1 is 0.917 bits per heavy atom. The molecular formula is C29H37N3O4. The number of hydrogen-bond acceptors (Lipinski definition) is 5. The van der Waals surface area contributed by atoms with Crippen LogP contribution in [0, 0.1) is 6.92 Å². The number of esters is 1. The maximum absolute atomic E-state index is 12.4. The van der Waals surface area contributed by atoms with Crippen LogP contribution in [0.25, 0.3) is 10.9 Å². The minimum Gasteiger partial charge on any atom is -0.465 e. The lowest BCUT2D eigenvalue weighted by atomic mass is 10.0. The maximum Gasteiger partial charge on any atom is 0.410 e. The highest BCUT2D eigenvalue weighted by atomic mass is 16.6. The van der Waals surface area contributed by atoms with Gasteiger partial charge in [-0.05, 0) is 63.4 Å². The van der Waals surface area contributed by atoms with E-state index in [-0.39, 0.29) is 12.1 Å². The molecule has 4 rings (SSSR count). The number of hydrogen-bond donors (Lipinski definition) is 0. The van der Waals surface area contributed by atoms with Crippen molar-refractivity contribution in [1.29, 1.82) is 0 Å². The molecule has 1 aromatic heterocycles. The highest BCUT2D eigenvalue weighted by Gasteiger charge is 2.26. The van der Waals surface area contributed by atoms with Gasteiger partial charge in [0.15, 0.2) is 0 Å². The van der Waals surface area contributed by atoms with Gasteiger partial charge in [0, 0.05) is 55.9 Å². The number of nitrogens with zero attached hydrogens (tertiary/aromatic N) is 3. The van der Waals surface area contributed by atoms with E-state index in [0.717, 1.165) is 38.2 Å². The number of fused-ring (bicyclic) bond motifs is 1. The van der Waals surface area contributed by atoms with E-state index in [4.69, 9.17) is 9.47 Å². The predicted octanol–water partition coefficient (Wildman–Crippen LogP) is 4.88. The van der Waals surface area contributed by atoms with Crippen molar-refractivity contribution in [3.05, 3.63) is 70.9 Å². The van der Waals surface area contributed by atoms with Crippen molar-refractivity contribution in [2.24, 2.45) is 0 Å². The molecular weight excluding hydrogens is 454 g/mol. The Hall–Kier alpha value is -3.32. The summed E-state index contributed by atoms with van der Waals surface area (Å²) in [6.07, 6.45) is 0.577. The van der Waals surface area contributed by atoms with E-state index >= 15 is 0 Å². The zero-order chi connectivity index (χ0) is 25.9. The second-order valence-electron chi connectivity index (χ2n) is 10.4. The van der Waals surface area contributed by atoms with Crippen molar-refractivity contribution >= 4 is 23.0 Å². The van der Waals surface area contributed by atoms with Crippen molar-refractivity contribution < 1.29 is 19.1 Å². The smallest absolute Gasteiger partial charge is 0.410 e. The van der Waals surface area contributed by atoms with Crippen LogP contribution >= 0.6 is 0 Å². The van der Waals surface area contributed by atoms with Gasteiger partial charge in [-0.1, -0.05) is 30.3 Å². The molecule has 1 amide bonds. The zero-order valence-corrected chi connectivity index (χ0v) is 22.0. The number of piperazine rings is 1. The van der Waals surface area contributed by atoms with Crippen molar-refractivity contribution in [1.82, 2.24) is 14.4 Å². The lowest BCUT2D eigenvalue weighted by Crippen LogP contribution is -2.50. The molecule has 0 unspecified atom stereocenters. The molecule has 0 saturated carbocycles. The summed E-state index contributed by atoms with van der Waals surface area (Å²) >= 11 is 0. The number of carbonyl (C=O) groups excluding carboxylic acids is 2. The second-order valence-corrected chi connectivity index (χ2v) is 10.4. The van der Waals surface area contributed by atoms with Gasteiger partial charge in [0.05, 0.1) is 12.7 Å². The van der Waals surface area contributed by atoms with Gasteiger partial charge in [0.25, 0.3) is 0 Å². The van der Waals surface area contributed by atoms with Crippen LogP contribution in [0.1, 0.15) is 48.0 Å². The molecule has 0 atom stereocenters. The minimum atomic E-state index is -0.470. The SMILES string of the molecule is COC(=O)c1ccc(Cc2c(C)n(CCN3CCN(C(=O)OC(C)(C)C)CC3)c3ccccc23)cc1. The number of methoxy groups -OCH3 is 1. The quantitative estimate of drug-likeness (QED) is 0.460. The molecule has 7 heteroatoms. The second kappa shape index (κ2) is 10.7. The van der Waals surface area contributed by atoms with Crippen LogP contribution in [-0.4, -0.2) is 71.9 Å². The molecule has 0 radical (unpaired) electrons. The summed E-state index contributed by atoms with van der Waals surface area (Å²) in [5.41, 5.74) is 5.07. The first-order chi connectivity index (χ1) is 17.2. The zero-order valence-electron chi connectivity index (χ0n) is 22.0. The molecule has 7 nitrogen and oxygen atoms in total. The minimum absolute atomic E-state index is 0.223. The van der Waals surface area contributed by atoms with E-state index in [1.807, 2.05) is 49.9 Å². The fourth-order valence-electron chi connectivity index (χ4n) is 4.82. The highest BCUT2D eigenvalue weighted by molar-refractivity contribution is 5.89. The molecule has 36 heavy (non-hydrogen) atoms. The summed E-state index contributed by atoms with van der Waals surface area (Å²) in [7, 11) is 1.40. The van der Waals surface area contributed by atoms with Crippen LogP contribution in [0.3, 0.4) is 0 Å². The monoisotopic (exact) mass is 491 g/mol. The van der Waals surface area contributed by atoms with Crippen molar-refractivity contribution in [3.63, 3.8) is 0 Å². The lowest BCUT2D eigenvalue weighted by Gasteiger charge is -2.35. The first kappa shape index (κ1) is 25.8. The van der Waals surface area contributed by atoms with Crippen molar-refractivity contribution in [2.45, 2.75) is 46.3 Å². The van der Waals surface area contributed by atoms with Crippen LogP contribution in [0.2, 0.25) is 0 Å². The fraction of sp³-hybridized carbons (Fsp3) is 0.448. The van der Waals surface area contributed by atoms with Crippen LogP contribution in [0.4, 0.5) is 4.79 Å². The third-order valence-corrected chi connectivity index (χ3v) is 6.78. The van der Waals surface area contributed by atoms with E-state index in [0.29, 0.717) is 18.7 Å². The molecule has 0 aliphatic carbocycles. The molecule has 192 valence electrons. The average molecular weight is 492 g/mol. The lowest BCUT2D eigenvalue weighted by molar-refractivity contribution is 0.0143. The van der Waals surface area contributed by atoms with Gasteiger partial charge in [-0.15, -0.1) is 0 Å². The predicted molar refractivity (Wildman–Crippen MR) is 142 cm³/mol. The summed E-state index contributed by atoms with van der Waals surface area (Å²) in [6, 6.07) is 16.2. The molecule has 1 aliphatic heterocycles. The number of ether oxygens (including phenoxy) is 2. The standard InChI is InChI=1S/C29H37N3O4/c1-21-25(20-22-10-12-23(13-11-22)27(33)35-5)24-8-6-7-9-26(24)32(21)19-16-30-14-17-31(18-15-30)28(34)36-29(2,3)4/h6-13H,14-20H2,1-5H3. The van der Waals surface area contributed by atoms with Crippen LogP contribution in [-0.2, 0) is 22.4 Å². The topological polar surface area (TPSA) is 64.0 Å². The van der Waals surface area contributed by atoms with Crippen LogP contribution in [0.5, 0.6) is 0 Å².